The highest BCUT2D eigenvalue weighted by atomic mass is 31.2. The van der Waals surface area contributed by atoms with Crippen LogP contribution in [0.15, 0.2) is 34.9 Å². The van der Waals surface area contributed by atoms with Gasteiger partial charge in [0.2, 0.25) is 0 Å². The maximum atomic E-state index is 11.5. The van der Waals surface area contributed by atoms with Crippen molar-refractivity contribution in [2.24, 2.45) is 0 Å². The maximum absolute atomic E-state index is 11.5. The van der Waals surface area contributed by atoms with Crippen molar-refractivity contribution in [3.63, 3.8) is 0 Å². The summed E-state index contributed by atoms with van der Waals surface area (Å²) < 4.78 is 4.88. The summed E-state index contributed by atoms with van der Waals surface area (Å²) in [7, 11) is -3.88. The molecule has 396 valence electrons. The molecule has 0 aromatic heterocycles. The highest BCUT2D eigenvalue weighted by Gasteiger charge is 2.25. The van der Waals surface area contributed by atoms with Crippen molar-refractivity contribution in [1.82, 2.24) is 5.32 Å². The van der Waals surface area contributed by atoms with Crippen LogP contribution in [0.4, 0.5) is 0 Å². The third-order valence-electron chi connectivity index (χ3n) is 12.7. The minimum atomic E-state index is -2.00. The van der Waals surface area contributed by atoms with E-state index in [9.17, 15) is 49.9 Å². The van der Waals surface area contributed by atoms with E-state index in [1.54, 1.807) is 20.8 Å². The lowest BCUT2D eigenvalue weighted by atomic mass is 9.88. The van der Waals surface area contributed by atoms with Gasteiger partial charge in [-0.25, -0.2) is 14.4 Å². The van der Waals surface area contributed by atoms with Crippen LogP contribution >= 0.6 is 25.1 Å². The average Bonchev–Trinajstić information content (AvgIpc) is 3.29. The van der Waals surface area contributed by atoms with Crippen molar-refractivity contribution in [1.29, 1.82) is 0 Å². The SMILES string of the molecule is CC/C(=C\Cc1c(O)c(C(=O)O)c(C)c(C)c1CC)CP(O)O.CCc1c(C)c(C)c(C(=O)O)c(O)c1C/C=C(\C)CNCCP(O)O.CCc1c(C)c(C)c(C(=O)O)c(O)c1C/C=C(\C)CP(O)OC. The van der Waals surface area contributed by atoms with Crippen LogP contribution in [0, 0.1) is 41.5 Å². The smallest absolute Gasteiger partial charge is 0.339 e. The lowest BCUT2D eigenvalue weighted by Gasteiger charge is -2.18. The average molecular weight is 1050 g/mol. The van der Waals surface area contributed by atoms with Gasteiger partial charge in [0.15, 0.2) is 25.1 Å². The second kappa shape index (κ2) is 31.3. The zero-order valence-electron chi connectivity index (χ0n) is 43.6. The summed E-state index contributed by atoms with van der Waals surface area (Å²) >= 11 is 0. The van der Waals surface area contributed by atoms with Gasteiger partial charge in [-0.3, -0.25) is 0 Å². The van der Waals surface area contributed by atoms with Gasteiger partial charge < -0.3 is 64.9 Å². The molecule has 19 heteroatoms. The molecule has 0 radical (unpaired) electrons. The number of carboxylic acids is 3. The number of aromatic hydroxyl groups is 3. The van der Waals surface area contributed by atoms with E-state index in [2.05, 4.69) is 5.32 Å². The van der Waals surface area contributed by atoms with Crippen molar-refractivity contribution < 1.29 is 74.0 Å². The number of carboxylic acid groups (broad SMARTS) is 3. The number of rotatable bonds is 23. The molecule has 71 heavy (non-hydrogen) atoms. The van der Waals surface area contributed by atoms with Gasteiger partial charge >= 0.3 is 17.9 Å². The number of hydrogen-bond donors (Lipinski definition) is 12. The molecule has 0 fully saturated rings. The molecule has 3 aromatic carbocycles. The lowest BCUT2D eigenvalue weighted by Crippen LogP contribution is -2.19. The number of phenols is 3. The van der Waals surface area contributed by atoms with Gasteiger partial charge in [0.05, 0.1) is 0 Å². The van der Waals surface area contributed by atoms with Gasteiger partial charge in [0.1, 0.15) is 33.9 Å². The molecule has 3 rings (SSSR count). The molecular formula is C52H78NO15P3. The predicted octanol–water partition coefficient (Wildman–Crippen LogP) is 9.80. The van der Waals surface area contributed by atoms with Gasteiger partial charge in [-0.15, -0.1) is 0 Å². The summed E-state index contributed by atoms with van der Waals surface area (Å²) in [6.07, 6.45) is 10.8. The van der Waals surface area contributed by atoms with Crippen molar-refractivity contribution in [2.75, 3.05) is 38.7 Å². The number of nitrogens with one attached hydrogen (secondary N) is 1. The zero-order chi connectivity index (χ0) is 54.6. The molecule has 1 unspecified atom stereocenters. The number of benzene rings is 3. The van der Waals surface area contributed by atoms with Gasteiger partial charge in [-0.05, 0) is 150 Å². The Balaban J connectivity index is 0.000000533. The Labute approximate surface area is 423 Å². The highest BCUT2D eigenvalue weighted by Crippen LogP contribution is 2.38. The van der Waals surface area contributed by atoms with E-state index in [1.807, 2.05) is 80.5 Å². The molecule has 0 spiro atoms. The summed E-state index contributed by atoms with van der Waals surface area (Å²) in [5, 5.41) is 62.6. The Morgan fingerprint density at radius 2 is 0.873 bits per heavy atom. The maximum Gasteiger partial charge on any atom is 0.339 e. The molecule has 0 bridgehead atoms. The summed E-state index contributed by atoms with van der Waals surface area (Å²) in [4.78, 5) is 80.0. The molecule has 3 aromatic rings. The standard InChI is InChI=1S/C18H28NO5P.2C17H25O5P/c1-5-14-12(3)13(4)16(18(21)22)17(20)15(14)7-6-11(2)10-19-8-9-25(23)24;1-6-13-11(3)12(4)15(17(19)20)16(18)14(13)8-7-10(2)9-23(21)22-5;1-5-12(9-23(21)22)7-8-14-13(6-2)10(3)11(4)15(16(14)18)17(19)20/h6,19-20,23-24H,5,7-10H2,1-4H3,(H,21,22);7,18,21H,6,8-9H2,1-5H3,(H,19,20);7,18,21-22H,5-6,8-9H2,1-4H3,(H,19,20)/b11-6+;10-7+;12-7+. The number of hydrogen-bond acceptors (Lipinski definition) is 13. The normalized spacial score (nSPS) is 12.4. The molecule has 0 aliphatic rings. The zero-order valence-corrected chi connectivity index (χ0v) is 46.3. The Kier molecular flexibility index (Phi) is 28.6. The minimum Gasteiger partial charge on any atom is -0.507 e. The molecule has 0 heterocycles. The van der Waals surface area contributed by atoms with E-state index in [0.29, 0.717) is 97.3 Å². The van der Waals surface area contributed by atoms with Crippen molar-refractivity contribution in [3.8, 4) is 17.2 Å². The first-order valence-electron chi connectivity index (χ1n) is 23.4. The van der Waals surface area contributed by atoms with Crippen LogP contribution in [-0.4, -0.2) is 112 Å². The number of carbonyl (C=O) groups is 3. The molecule has 0 amide bonds. The predicted molar refractivity (Wildman–Crippen MR) is 285 cm³/mol. The number of aromatic carboxylic acids is 3. The Bertz CT molecular complexity index is 2430. The van der Waals surface area contributed by atoms with Gasteiger partial charge in [0.25, 0.3) is 0 Å². The molecule has 0 saturated carbocycles. The van der Waals surface area contributed by atoms with Gasteiger partial charge in [0, 0.05) is 55.4 Å². The highest BCUT2D eigenvalue weighted by molar-refractivity contribution is 7.46. The first-order valence-corrected chi connectivity index (χ1v) is 27.7. The second-order valence-corrected chi connectivity index (χ2v) is 20.8. The molecule has 0 aliphatic heterocycles. The first-order chi connectivity index (χ1) is 33.2. The molecule has 0 aliphatic carbocycles. The van der Waals surface area contributed by atoms with Gasteiger partial charge in [-0.1, -0.05) is 62.6 Å². The quantitative estimate of drug-likeness (QED) is 0.0239. The Morgan fingerprint density at radius 3 is 1.17 bits per heavy atom. The third kappa shape index (κ3) is 18.6. The minimum absolute atomic E-state index is 0.0203. The molecular weight excluding hydrogens is 971 g/mol. The molecule has 1 atom stereocenters. The third-order valence-corrected chi connectivity index (χ3v) is 15.2. The van der Waals surface area contributed by atoms with E-state index in [-0.39, 0.29) is 40.1 Å². The van der Waals surface area contributed by atoms with E-state index in [4.69, 9.17) is 24.1 Å². The first kappa shape index (κ1) is 64.7. The van der Waals surface area contributed by atoms with Crippen LogP contribution in [0.1, 0.15) is 146 Å². The fourth-order valence-electron chi connectivity index (χ4n) is 8.40. The van der Waals surface area contributed by atoms with E-state index in [0.717, 1.165) is 56.5 Å². The Morgan fingerprint density at radius 1 is 0.521 bits per heavy atom. The van der Waals surface area contributed by atoms with Crippen molar-refractivity contribution in [3.05, 3.63) is 118 Å². The van der Waals surface area contributed by atoms with Crippen molar-refractivity contribution in [2.45, 2.75) is 128 Å². The van der Waals surface area contributed by atoms with Crippen LogP contribution in [0.2, 0.25) is 0 Å². The van der Waals surface area contributed by atoms with Crippen LogP contribution in [-0.2, 0) is 43.0 Å². The van der Waals surface area contributed by atoms with Crippen molar-refractivity contribution >= 4 is 43.0 Å². The van der Waals surface area contributed by atoms with Crippen LogP contribution in [0.25, 0.3) is 0 Å². The summed E-state index contributed by atoms with van der Waals surface area (Å²) in [6.45, 7) is 23.6. The van der Waals surface area contributed by atoms with E-state index < -0.39 is 43.0 Å². The van der Waals surface area contributed by atoms with Crippen LogP contribution < -0.4 is 5.32 Å². The van der Waals surface area contributed by atoms with Gasteiger partial charge in [-0.2, -0.15) is 0 Å². The topological polar surface area (TPSA) is 295 Å². The van der Waals surface area contributed by atoms with Crippen LogP contribution in [0.3, 0.4) is 0 Å². The largest absolute Gasteiger partial charge is 0.507 e. The van der Waals surface area contributed by atoms with Crippen LogP contribution in [0.5, 0.6) is 17.2 Å². The lowest BCUT2D eigenvalue weighted by molar-refractivity contribution is 0.0681. The Hall–Kier alpha value is -4.30. The summed E-state index contributed by atoms with van der Waals surface area (Å²) in [6, 6.07) is 0. The fraction of sp³-hybridized carbons (Fsp3) is 0.481. The molecule has 16 nitrogen and oxygen atoms in total. The second-order valence-electron chi connectivity index (χ2n) is 17.2. The monoisotopic (exact) mass is 1050 g/mol. The van der Waals surface area contributed by atoms with E-state index in [1.165, 1.54) is 7.11 Å². The summed E-state index contributed by atoms with van der Waals surface area (Å²) in [5.74, 6) is -3.85. The molecule has 12 N–H and O–H groups in total. The number of allylic oxidation sites excluding steroid dienone is 5. The summed E-state index contributed by atoms with van der Waals surface area (Å²) in [5.41, 5.74) is 12.1. The fourth-order valence-corrected chi connectivity index (χ4v) is 10.2. The van der Waals surface area contributed by atoms with E-state index >= 15 is 0 Å². The molecule has 0 saturated heterocycles.